The number of methoxy groups -OCH3 is 1. The highest BCUT2D eigenvalue weighted by atomic mass is 35.5. The van der Waals surface area contributed by atoms with E-state index in [1.54, 1.807) is 29.2 Å². The minimum Gasteiger partial charge on any atom is -0.467 e. The summed E-state index contributed by atoms with van der Waals surface area (Å²) in [5.74, 6) is -1.02. The molecular weight excluding hydrogens is 655 g/mol. The number of ether oxygens (including phenoxy) is 1. The Kier molecular flexibility index (Phi) is 10.9. The third kappa shape index (κ3) is 7.32. The van der Waals surface area contributed by atoms with Crippen LogP contribution in [0.1, 0.15) is 32.1 Å². The quantitative estimate of drug-likeness (QED) is 0.248. The molecule has 0 saturated carbocycles. The second-order valence-corrected chi connectivity index (χ2v) is 13.1. The molecule has 2 aromatic heterocycles. The number of nitrogens with zero attached hydrogens (tertiary/aromatic N) is 6. The summed E-state index contributed by atoms with van der Waals surface area (Å²) >= 11 is 6.27. The van der Waals surface area contributed by atoms with E-state index in [4.69, 9.17) is 16.3 Å². The Bertz CT molecular complexity index is 1830. The van der Waals surface area contributed by atoms with E-state index in [0.29, 0.717) is 59.6 Å². The van der Waals surface area contributed by atoms with Crippen molar-refractivity contribution in [2.24, 2.45) is 0 Å². The maximum absolute atomic E-state index is 16.0. The van der Waals surface area contributed by atoms with Gasteiger partial charge in [0.25, 0.3) is 0 Å². The molecule has 260 valence electrons. The number of fused-ring (bicyclic) bond motifs is 3. The first-order valence-electron chi connectivity index (χ1n) is 16.7. The van der Waals surface area contributed by atoms with Crippen LogP contribution in [0, 0.1) is 11.6 Å². The number of halogens is 4. The predicted molar refractivity (Wildman–Crippen MR) is 187 cm³/mol. The van der Waals surface area contributed by atoms with Gasteiger partial charge >= 0.3 is 6.01 Å². The molecule has 3 atom stereocenters. The summed E-state index contributed by atoms with van der Waals surface area (Å²) in [4.78, 5) is 31.0. The number of pyridine rings is 1. The number of anilines is 1. The number of likely N-dealkylation sites (N-methyl/N-ethyl adjacent to an activating group) is 1. The Morgan fingerprint density at radius 2 is 1.90 bits per heavy atom. The van der Waals surface area contributed by atoms with Crippen LogP contribution in [-0.4, -0.2) is 102 Å². The van der Waals surface area contributed by atoms with Gasteiger partial charge in [0.1, 0.15) is 29.0 Å². The van der Waals surface area contributed by atoms with E-state index in [0.717, 1.165) is 13.0 Å². The van der Waals surface area contributed by atoms with Gasteiger partial charge < -0.3 is 19.9 Å². The number of nitrogens with one attached hydrogen (secondary N) is 1. The number of carbonyl (C=O) groups excluding carboxylic acids is 1. The molecule has 13 heteroatoms. The van der Waals surface area contributed by atoms with Crippen molar-refractivity contribution >= 4 is 45.0 Å². The Labute approximate surface area is 289 Å². The monoisotopic (exact) mass is 695 g/mol. The molecule has 1 N–H and O–H groups in total. The average molecular weight is 696 g/mol. The zero-order valence-electron chi connectivity index (χ0n) is 27.8. The van der Waals surface area contributed by atoms with Crippen LogP contribution in [0.3, 0.4) is 0 Å². The SMILES string of the molecule is C1CNC1.C=CC(=O)N1CCC(N(C)c2nc(OC)nc3c(F)c(-c4cccc5ccc(F)c(Cl)c45)ncc23)C1.FC1CC2CCCN2C1. The highest BCUT2D eigenvalue weighted by Gasteiger charge is 2.35. The van der Waals surface area contributed by atoms with Gasteiger partial charge in [-0.15, -0.1) is 0 Å². The van der Waals surface area contributed by atoms with Crippen LogP contribution in [0.2, 0.25) is 5.02 Å². The van der Waals surface area contributed by atoms with Crippen molar-refractivity contribution in [2.75, 3.05) is 58.3 Å². The fraction of sp³-hybridized carbons (Fsp3) is 0.444. The first-order valence-corrected chi connectivity index (χ1v) is 17.1. The van der Waals surface area contributed by atoms with Crippen LogP contribution in [0.5, 0.6) is 6.01 Å². The van der Waals surface area contributed by atoms with Crippen LogP contribution in [0.4, 0.5) is 19.0 Å². The van der Waals surface area contributed by atoms with Crippen LogP contribution in [-0.2, 0) is 4.79 Å². The molecule has 4 fully saturated rings. The maximum atomic E-state index is 16.0. The van der Waals surface area contributed by atoms with E-state index in [2.05, 4.69) is 31.7 Å². The van der Waals surface area contributed by atoms with Gasteiger partial charge in [0, 0.05) is 55.9 Å². The van der Waals surface area contributed by atoms with E-state index in [9.17, 15) is 13.6 Å². The zero-order chi connectivity index (χ0) is 34.7. The fourth-order valence-electron chi connectivity index (χ4n) is 6.84. The highest BCUT2D eigenvalue weighted by molar-refractivity contribution is 6.36. The molecule has 0 aliphatic carbocycles. The second-order valence-electron chi connectivity index (χ2n) is 12.8. The van der Waals surface area contributed by atoms with Crippen LogP contribution >= 0.6 is 11.6 Å². The van der Waals surface area contributed by atoms with Gasteiger partial charge in [-0.2, -0.15) is 9.97 Å². The lowest BCUT2D eigenvalue weighted by Crippen LogP contribution is -2.36. The van der Waals surface area contributed by atoms with Gasteiger partial charge in [-0.3, -0.25) is 14.7 Å². The number of aromatic nitrogens is 3. The van der Waals surface area contributed by atoms with Crippen LogP contribution < -0.4 is 15.0 Å². The molecule has 6 heterocycles. The number of carbonyl (C=O) groups is 1. The molecule has 0 spiro atoms. The van der Waals surface area contributed by atoms with Crippen molar-refractivity contribution < 1.29 is 22.7 Å². The van der Waals surface area contributed by atoms with Crippen molar-refractivity contribution in [3.63, 3.8) is 0 Å². The smallest absolute Gasteiger partial charge is 0.318 e. The Morgan fingerprint density at radius 1 is 1.12 bits per heavy atom. The van der Waals surface area contributed by atoms with Gasteiger partial charge in [-0.1, -0.05) is 42.4 Å². The van der Waals surface area contributed by atoms with E-state index in [1.165, 1.54) is 57.8 Å². The molecule has 4 aliphatic heterocycles. The number of hydrogen-bond donors (Lipinski definition) is 1. The Balaban J connectivity index is 0.000000264. The van der Waals surface area contributed by atoms with Crippen molar-refractivity contribution in [3.05, 3.63) is 65.8 Å². The van der Waals surface area contributed by atoms with Gasteiger partial charge in [-0.05, 0) is 69.3 Å². The molecule has 4 aliphatic rings. The molecule has 9 nitrogen and oxygen atoms in total. The first kappa shape index (κ1) is 34.8. The standard InChI is InChI=1S/C26H22ClF2N5O2.C7H12FN.C3H7N/c1-4-19(35)34-11-10-15(13-34)33(2)25-17-12-30-23(22(29)24(17)31-26(32-25)36-3)16-7-5-6-14-8-9-18(28)21(27)20(14)16;8-6-4-7-2-1-3-9(7)5-6;1-2-4-3-1/h4-9,12,15H,1,10-11,13H2,2-3H3;6-7H,1-5H2;4H,1-3H2. The van der Waals surface area contributed by atoms with Gasteiger partial charge in [-0.25, -0.2) is 13.2 Å². The van der Waals surface area contributed by atoms with Gasteiger partial charge in [0.15, 0.2) is 5.82 Å². The zero-order valence-corrected chi connectivity index (χ0v) is 28.5. The summed E-state index contributed by atoms with van der Waals surface area (Å²) in [6.07, 6.45) is 7.69. The van der Waals surface area contributed by atoms with E-state index < -0.39 is 17.8 Å². The number of hydrogen-bond acceptors (Lipinski definition) is 8. The van der Waals surface area contributed by atoms with Crippen molar-refractivity contribution in [2.45, 2.75) is 50.4 Å². The molecule has 3 unspecified atom stereocenters. The summed E-state index contributed by atoms with van der Waals surface area (Å²) in [5, 5.41) is 4.40. The maximum Gasteiger partial charge on any atom is 0.318 e. The van der Waals surface area contributed by atoms with E-state index in [-0.39, 0.29) is 34.2 Å². The Hall–Kier alpha value is -4.00. The van der Waals surface area contributed by atoms with E-state index >= 15 is 4.39 Å². The van der Waals surface area contributed by atoms with Crippen molar-refractivity contribution in [1.29, 1.82) is 0 Å². The lowest BCUT2D eigenvalue weighted by atomic mass is 10.0. The normalized spacial score (nSPS) is 21.3. The van der Waals surface area contributed by atoms with Gasteiger partial charge in [0.05, 0.1) is 17.5 Å². The number of rotatable bonds is 5. The second kappa shape index (κ2) is 15.3. The third-order valence-electron chi connectivity index (χ3n) is 9.71. The Morgan fingerprint density at radius 3 is 2.59 bits per heavy atom. The number of amides is 1. The molecule has 4 aromatic rings. The minimum atomic E-state index is -0.703. The molecular formula is C36H41ClF3N7O2. The predicted octanol–water partition coefficient (Wildman–Crippen LogP) is 6.18. The van der Waals surface area contributed by atoms with Crippen LogP contribution in [0.15, 0.2) is 49.2 Å². The average Bonchev–Trinajstić information content (AvgIpc) is 3.82. The number of likely N-dealkylation sites (tertiary alicyclic amines) is 1. The number of alkyl halides is 1. The summed E-state index contributed by atoms with van der Waals surface area (Å²) in [6.45, 7) is 8.96. The lowest BCUT2D eigenvalue weighted by Gasteiger charge is -2.27. The fourth-order valence-corrected chi connectivity index (χ4v) is 7.11. The highest BCUT2D eigenvalue weighted by Crippen LogP contribution is 2.38. The third-order valence-corrected chi connectivity index (χ3v) is 10.1. The molecule has 0 bridgehead atoms. The number of benzene rings is 2. The van der Waals surface area contributed by atoms with Gasteiger partial charge in [0.2, 0.25) is 5.91 Å². The molecule has 2 aromatic carbocycles. The molecule has 4 saturated heterocycles. The summed E-state index contributed by atoms with van der Waals surface area (Å²) in [7, 11) is 3.23. The molecule has 8 rings (SSSR count). The summed E-state index contributed by atoms with van der Waals surface area (Å²) in [6, 6.07) is 8.53. The lowest BCUT2D eigenvalue weighted by molar-refractivity contribution is -0.125. The summed E-state index contributed by atoms with van der Waals surface area (Å²) < 4.78 is 48.2. The van der Waals surface area contributed by atoms with E-state index in [1.807, 2.05) is 11.9 Å². The van der Waals surface area contributed by atoms with Crippen molar-refractivity contribution in [3.8, 4) is 17.3 Å². The summed E-state index contributed by atoms with van der Waals surface area (Å²) in [5.41, 5.74) is 0.340. The molecule has 0 radical (unpaired) electrons. The molecule has 49 heavy (non-hydrogen) atoms. The minimum absolute atomic E-state index is 0.00949. The topological polar surface area (TPSA) is 86.7 Å². The largest absolute Gasteiger partial charge is 0.467 e. The van der Waals surface area contributed by atoms with Crippen molar-refractivity contribution in [1.82, 2.24) is 30.1 Å². The first-order chi connectivity index (χ1) is 23.7. The molecule has 1 amide bonds. The van der Waals surface area contributed by atoms with Crippen LogP contribution in [0.25, 0.3) is 32.9 Å².